The number of aliphatic imine (C=N–C) groups is 1. The van der Waals surface area contributed by atoms with Gasteiger partial charge in [-0.15, -0.1) is 24.0 Å². The predicted molar refractivity (Wildman–Crippen MR) is 98.7 cm³/mol. The summed E-state index contributed by atoms with van der Waals surface area (Å²) in [4.78, 5) is 6.62. The third-order valence-corrected chi connectivity index (χ3v) is 4.04. The van der Waals surface area contributed by atoms with Crippen molar-refractivity contribution in [1.29, 1.82) is 0 Å². The van der Waals surface area contributed by atoms with E-state index in [1.807, 2.05) is 18.2 Å². The highest BCUT2D eigenvalue weighted by atomic mass is 127. The van der Waals surface area contributed by atoms with Crippen LogP contribution in [0.4, 0.5) is 0 Å². The first-order chi connectivity index (χ1) is 9.60. The molecule has 21 heavy (non-hydrogen) atoms. The topological polar surface area (TPSA) is 50.9 Å². The summed E-state index contributed by atoms with van der Waals surface area (Å²) in [6.07, 6.45) is 2.37. The first kappa shape index (κ1) is 18.4. The Bertz CT molecular complexity index is 488. The smallest absolute Gasteiger partial charge is 0.191 e. The molecule has 0 radical (unpaired) electrons. The van der Waals surface area contributed by atoms with Gasteiger partial charge in [-0.2, -0.15) is 0 Å². The lowest BCUT2D eigenvalue weighted by Crippen LogP contribution is -2.42. The maximum atomic E-state index is 6.09. The summed E-state index contributed by atoms with van der Waals surface area (Å²) in [5, 5.41) is 0.602. The molecule has 0 atom stereocenters. The molecule has 1 aliphatic heterocycles. The van der Waals surface area contributed by atoms with Gasteiger partial charge in [-0.1, -0.05) is 24.6 Å². The molecular weight excluding hydrogens is 401 g/mol. The van der Waals surface area contributed by atoms with Crippen molar-refractivity contribution in [2.75, 3.05) is 20.2 Å². The molecule has 2 rings (SSSR count). The summed E-state index contributed by atoms with van der Waals surface area (Å²) in [5.74, 6) is 2.10. The van der Waals surface area contributed by atoms with Crippen molar-refractivity contribution in [2.24, 2.45) is 16.6 Å². The zero-order valence-corrected chi connectivity index (χ0v) is 15.6. The van der Waals surface area contributed by atoms with E-state index in [-0.39, 0.29) is 24.0 Å². The number of likely N-dealkylation sites (tertiary alicyclic amines) is 1. The van der Waals surface area contributed by atoms with E-state index in [1.165, 1.54) is 12.8 Å². The van der Waals surface area contributed by atoms with Crippen molar-refractivity contribution in [3.63, 3.8) is 0 Å². The Morgan fingerprint density at radius 2 is 2.10 bits per heavy atom. The fourth-order valence-corrected chi connectivity index (χ4v) is 2.60. The van der Waals surface area contributed by atoms with Crippen LogP contribution in [0.15, 0.2) is 23.2 Å². The Labute approximate surface area is 148 Å². The Balaban J connectivity index is 0.00000220. The fraction of sp³-hybridized carbons (Fsp3) is 0.533. The maximum Gasteiger partial charge on any atom is 0.191 e. The molecular formula is C15H23ClIN3O. The predicted octanol–water partition coefficient (Wildman–Crippen LogP) is 3.51. The normalized spacial score (nSPS) is 16.5. The minimum atomic E-state index is 0. The van der Waals surface area contributed by atoms with Crippen LogP contribution in [-0.2, 0) is 6.54 Å². The number of ether oxygens (including phenoxy) is 1. The summed E-state index contributed by atoms with van der Waals surface area (Å²) < 4.78 is 5.13. The van der Waals surface area contributed by atoms with Gasteiger partial charge in [0, 0.05) is 13.1 Å². The summed E-state index contributed by atoms with van der Waals surface area (Å²) >= 11 is 6.09. The zero-order chi connectivity index (χ0) is 14.5. The molecule has 4 nitrogen and oxygen atoms in total. The lowest BCUT2D eigenvalue weighted by molar-refractivity contribution is 0.277. The van der Waals surface area contributed by atoms with Gasteiger partial charge in [0.25, 0.3) is 0 Å². The van der Waals surface area contributed by atoms with E-state index >= 15 is 0 Å². The Morgan fingerprint density at radius 3 is 2.67 bits per heavy atom. The van der Waals surface area contributed by atoms with Gasteiger partial charge in [-0.3, -0.25) is 0 Å². The SMILES string of the molecule is COc1ccc(CN=C(N)N2CCC(C)CC2)cc1Cl.I. The monoisotopic (exact) mass is 423 g/mol. The van der Waals surface area contributed by atoms with Crippen LogP contribution in [0, 0.1) is 5.92 Å². The Hall–Kier alpha value is -0.690. The molecule has 0 aromatic heterocycles. The number of rotatable bonds is 3. The van der Waals surface area contributed by atoms with Gasteiger partial charge in [0.2, 0.25) is 0 Å². The highest BCUT2D eigenvalue weighted by Gasteiger charge is 2.16. The average molecular weight is 424 g/mol. The number of hydrogen-bond acceptors (Lipinski definition) is 2. The quantitative estimate of drug-likeness (QED) is 0.460. The molecule has 1 aromatic carbocycles. The summed E-state index contributed by atoms with van der Waals surface area (Å²) in [7, 11) is 1.61. The zero-order valence-electron chi connectivity index (χ0n) is 12.5. The average Bonchev–Trinajstić information content (AvgIpc) is 2.45. The van der Waals surface area contributed by atoms with E-state index in [2.05, 4.69) is 16.8 Å². The van der Waals surface area contributed by atoms with Gasteiger partial charge in [0.15, 0.2) is 5.96 Å². The van der Waals surface area contributed by atoms with Crippen molar-refractivity contribution in [3.05, 3.63) is 28.8 Å². The first-order valence-corrected chi connectivity index (χ1v) is 7.35. The summed E-state index contributed by atoms with van der Waals surface area (Å²) in [5.41, 5.74) is 7.09. The van der Waals surface area contributed by atoms with Gasteiger partial charge in [0.05, 0.1) is 18.7 Å². The van der Waals surface area contributed by atoms with Crippen molar-refractivity contribution in [1.82, 2.24) is 4.90 Å². The Kier molecular flexibility index (Phi) is 7.59. The molecule has 0 bridgehead atoms. The van der Waals surface area contributed by atoms with Crippen LogP contribution in [0.25, 0.3) is 0 Å². The van der Waals surface area contributed by atoms with E-state index in [0.29, 0.717) is 23.3 Å². The van der Waals surface area contributed by atoms with Crippen LogP contribution in [-0.4, -0.2) is 31.1 Å². The number of benzene rings is 1. The number of hydrogen-bond donors (Lipinski definition) is 1. The van der Waals surface area contributed by atoms with Crippen LogP contribution in [0.2, 0.25) is 5.02 Å². The molecule has 0 unspecified atom stereocenters. The molecule has 1 fully saturated rings. The largest absolute Gasteiger partial charge is 0.495 e. The van der Waals surface area contributed by atoms with E-state index in [9.17, 15) is 0 Å². The molecule has 1 saturated heterocycles. The fourth-order valence-electron chi connectivity index (χ4n) is 2.32. The molecule has 2 N–H and O–H groups in total. The number of nitrogens with zero attached hydrogens (tertiary/aromatic N) is 2. The number of nitrogens with two attached hydrogens (primary N) is 1. The van der Waals surface area contributed by atoms with Crippen LogP contribution >= 0.6 is 35.6 Å². The van der Waals surface area contributed by atoms with Crippen LogP contribution in [0.3, 0.4) is 0 Å². The highest BCUT2D eigenvalue weighted by molar-refractivity contribution is 14.0. The van der Waals surface area contributed by atoms with Crippen molar-refractivity contribution in [2.45, 2.75) is 26.3 Å². The van der Waals surface area contributed by atoms with Crippen molar-refractivity contribution >= 4 is 41.5 Å². The number of methoxy groups -OCH3 is 1. The molecule has 0 spiro atoms. The number of piperidine rings is 1. The lowest BCUT2D eigenvalue weighted by atomic mass is 10.00. The first-order valence-electron chi connectivity index (χ1n) is 6.97. The second-order valence-electron chi connectivity index (χ2n) is 5.31. The van der Waals surface area contributed by atoms with Crippen LogP contribution in [0.1, 0.15) is 25.3 Å². The van der Waals surface area contributed by atoms with E-state index in [1.54, 1.807) is 7.11 Å². The van der Waals surface area contributed by atoms with Gasteiger partial charge in [-0.05, 0) is 36.5 Å². The lowest BCUT2D eigenvalue weighted by Gasteiger charge is -2.31. The van der Waals surface area contributed by atoms with E-state index in [0.717, 1.165) is 24.6 Å². The summed E-state index contributed by atoms with van der Waals surface area (Å²) in [6, 6.07) is 5.68. The molecule has 0 amide bonds. The minimum Gasteiger partial charge on any atom is -0.495 e. The molecule has 1 aliphatic rings. The molecule has 1 heterocycles. The van der Waals surface area contributed by atoms with Crippen molar-refractivity contribution < 1.29 is 4.74 Å². The maximum absolute atomic E-state index is 6.09. The summed E-state index contributed by atoms with van der Waals surface area (Å²) in [6.45, 7) is 4.82. The van der Waals surface area contributed by atoms with E-state index in [4.69, 9.17) is 22.1 Å². The number of guanidine groups is 1. The third kappa shape index (κ3) is 5.21. The molecule has 6 heteroatoms. The number of halogens is 2. The Morgan fingerprint density at radius 1 is 1.43 bits per heavy atom. The van der Waals surface area contributed by atoms with E-state index < -0.39 is 0 Å². The molecule has 1 aromatic rings. The second-order valence-corrected chi connectivity index (χ2v) is 5.72. The molecule has 0 aliphatic carbocycles. The van der Waals surface area contributed by atoms with Gasteiger partial charge >= 0.3 is 0 Å². The van der Waals surface area contributed by atoms with Crippen molar-refractivity contribution in [3.8, 4) is 5.75 Å². The minimum absolute atomic E-state index is 0. The van der Waals surface area contributed by atoms with Gasteiger partial charge in [-0.25, -0.2) is 4.99 Å². The molecule has 118 valence electrons. The van der Waals surface area contributed by atoms with Crippen LogP contribution in [0.5, 0.6) is 5.75 Å². The van der Waals surface area contributed by atoms with Crippen LogP contribution < -0.4 is 10.5 Å². The highest BCUT2D eigenvalue weighted by Crippen LogP contribution is 2.25. The van der Waals surface area contributed by atoms with Gasteiger partial charge in [0.1, 0.15) is 5.75 Å². The third-order valence-electron chi connectivity index (χ3n) is 3.75. The molecule has 0 saturated carbocycles. The van der Waals surface area contributed by atoms with Gasteiger partial charge < -0.3 is 15.4 Å². The standard InChI is InChI=1S/C15H22ClN3O.HI/c1-11-5-7-19(8-6-11)15(17)18-10-12-3-4-14(20-2)13(16)9-12;/h3-4,9,11H,5-8,10H2,1-2H3,(H2,17,18);1H. The second kappa shape index (κ2) is 8.68.